The summed E-state index contributed by atoms with van der Waals surface area (Å²) in [5, 5.41) is 1.22. The van der Waals surface area contributed by atoms with Gasteiger partial charge in [0, 0.05) is 40.0 Å². The van der Waals surface area contributed by atoms with Crippen molar-refractivity contribution < 1.29 is 14.3 Å². The number of ether oxygens (including phenoxy) is 2. The van der Waals surface area contributed by atoms with Gasteiger partial charge in [0.15, 0.2) is 0 Å². The van der Waals surface area contributed by atoms with Gasteiger partial charge in [-0.1, -0.05) is 29.3 Å². The molecule has 0 amide bonds. The molecule has 3 aliphatic rings. The van der Waals surface area contributed by atoms with E-state index in [4.69, 9.17) is 32.7 Å². The largest absolute Gasteiger partial charge is 0.422 e. The van der Waals surface area contributed by atoms with Gasteiger partial charge < -0.3 is 14.4 Å². The molecule has 34 heavy (non-hydrogen) atoms. The Hall–Kier alpha value is -2.53. The van der Waals surface area contributed by atoms with Crippen LogP contribution in [0.4, 0.5) is 0 Å². The molecular weight excluding hydrogens is 469 g/mol. The minimum Gasteiger partial charge on any atom is -0.422 e. The normalized spacial score (nSPS) is 19.9. The van der Waals surface area contributed by atoms with E-state index >= 15 is 0 Å². The molecule has 0 N–H and O–H groups in total. The molecule has 1 fully saturated rings. The number of carbonyl (C=O) groups excluding carboxylic acids is 1. The van der Waals surface area contributed by atoms with Gasteiger partial charge in [0.25, 0.3) is 0 Å². The Labute approximate surface area is 210 Å². The molecule has 0 aromatic heterocycles. The van der Waals surface area contributed by atoms with Gasteiger partial charge in [0.2, 0.25) is 0 Å². The molecule has 5 rings (SSSR count). The summed E-state index contributed by atoms with van der Waals surface area (Å²) >= 11 is 12.2. The van der Waals surface area contributed by atoms with Crippen molar-refractivity contribution in [2.24, 2.45) is 0 Å². The summed E-state index contributed by atoms with van der Waals surface area (Å²) in [6, 6.07) is 14.3. The van der Waals surface area contributed by atoms with Gasteiger partial charge in [-0.15, -0.1) is 0 Å². The Morgan fingerprint density at radius 1 is 0.853 bits per heavy atom. The third-order valence-corrected chi connectivity index (χ3v) is 7.11. The molecule has 176 valence electrons. The summed E-state index contributed by atoms with van der Waals surface area (Å²) in [5.41, 5.74) is 6.43. The van der Waals surface area contributed by atoms with Crippen LogP contribution in [0.3, 0.4) is 0 Å². The Morgan fingerprint density at radius 2 is 1.50 bits per heavy atom. The Morgan fingerprint density at radius 3 is 2.12 bits per heavy atom. The quantitative estimate of drug-likeness (QED) is 0.329. The van der Waals surface area contributed by atoms with Gasteiger partial charge in [-0.05, 0) is 91.8 Å². The molecule has 2 aromatic rings. The number of rotatable bonds is 5. The number of hydrogen-bond acceptors (Lipinski definition) is 4. The van der Waals surface area contributed by atoms with E-state index in [0.29, 0.717) is 34.6 Å². The van der Waals surface area contributed by atoms with Crippen molar-refractivity contribution in [2.45, 2.75) is 32.1 Å². The Bertz CT molecular complexity index is 1160. The lowest BCUT2D eigenvalue weighted by atomic mass is 10.0. The predicted octanol–water partition coefficient (Wildman–Crippen LogP) is 7.05. The van der Waals surface area contributed by atoms with Gasteiger partial charge in [0.1, 0.15) is 5.76 Å². The lowest BCUT2D eigenvalue weighted by Gasteiger charge is -2.32. The summed E-state index contributed by atoms with van der Waals surface area (Å²) in [4.78, 5) is 15.6. The first-order valence-corrected chi connectivity index (χ1v) is 12.6. The van der Waals surface area contributed by atoms with Crippen molar-refractivity contribution in [2.75, 3.05) is 26.3 Å². The highest BCUT2D eigenvalue weighted by Gasteiger charge is 2.32. The highest BCUT2D eigenvalue weighted by atomic mass is 35.5. The smallest absolute Gasteiger partial charge is 0.343 e. The number of halogens is 2. The summed E-state index contributed by atoms with van der Waals surface area (Å²) in [6.07, 6.45) is 7.58. The summed E-state index contributed by atoms with van der Waals surface area (Å²) < 4.78 is 11.8. The number of esters is 1. The highest BCUT2D eigenvalue weighted by Crippen LogP contribution is 2.44. The maximum atomic E-state index is 13.2. The van der Waals surface area contributed by atoms with Gasteiger partial charge >= 0.3 is 5.97 Å². The fourth-order valence-corrected chi connectivity index (χ4v) is 5.20. The fraction of sp³-hybridized carbons (Fsp3) is 0.321. The molecule has 0 unspecified atom stereocenters. The van der Waals surface area contributed by atoms with Gasteiger partial charge in [-0.25, -0.2) is 4.79 Å². The van der Waals surface area contributed by atoms with Gasteiger partial charge in [-0.2, -0.15) is 0 Å². The molecule has 0 atom stereocenters. The minimum absolute atomic E-state index is 0.399. The van der Waals surface area contributed by atoms with Crippen molar-refractivity contribution in [1.29, 1.82) is 0 Å². The number of allylic oxidation sites excluding steroid dienone is 4. The van der Waals surface area contributed by atoms with E-state index in [9.17, 15) is 4.79 Å². The first kappa shape index (κ1) is 23.2. The zero-order valence-corrected chi connectivity index (χ0v) is 20.5. The summed E-state index contributed by atoms with van der Waals surface area (Å²) in [6.45, 7) is 3.05. The van der Waals surface area contributed by atoms with Crippen LogP contribution in [-0.4, -0.2) is 37.2 Å². The lowest BCUT2D eigenvalue weighted by molar-refractivity contribution is 0.0543. The van der Waals surface area contributed by atoms with Crippen LogP contribution >= 0.6 is 23.2 Å². The molecule has 0 spiro atoms. The van der Waals surface area contributed by atoms with Crippen molar-refractivity contribution in [1.82, 2.24) is 4.90 Å². The van der Waals surface area contributed by atoms with Crippen LogP contribution in [0.25, 0.3) is 5.76 Å². The van der Waals surface area contributed by atoms with Crippen molar-refractivity contribution in [3.63, 3.8) is 0 Å². The van der Waals surface area contributed by atoms with E-state index in [1.54, 1.807) is 24.3 Å². The first-order chi connectivity index (χ1) is 16.6. The van der Waals surface area contributed by atoms with Crippen LogP contribution in [0.5, 0.6) is 0 Å². The van der Waals surface area contributed by atoms with E-state index < -0.39 is 5.97 Å². The lowest BCUT2D eigenvalue weighted by Crippen LogP contribution is -2.36. The van der Waals surface area contributed by atoms with Crippen LogP contribution < -0.4 is 0 Å². The number of benzene rings is 2. The van der Waals surface area contributed by atoms with Gasteiger partial charge in [0.05, 0.1) is 18.8 Å². The topological polar surface area (TPSA) is 38.8 Å². The van der Waals surface area contributed by atoms with Crippen LogP contribution in [0.1, 0.15) is 48.0 Å². The fourth-order valence-electron chi connectivity index (χ4n) is 4.95. The molecule has 2 aliphatic carbocycles. The third-order valence-electron chi connectivity index (χ3n) is 6.61. The molecule has 0 radical (unpaired) electrons. The predicted molar refractivity (Wildman–Crippen MR) is 136 cm³/mol. The Balaban J connectivity index is 1.61. The highest BCUT2D eigenvalue weighted by molar-refractivity contribution is 6.31. The molecule has 1 heterocycles. The van der Waals surface area contributed by atoms with E-state index in [1.165, 1.54) is 23.3 Å². The number of carbonyl (C=O) groups is 1. The molecule has 0 saturated carbocycles. The van der Waals surface area contributed by atoms with E-state index in [2.05, 4.69) is 11.0 Å². The maximum absolute atomic E-state index is 13.2. The number of morpholine rings is 1. The molecule has 6 heteroatoms. The average molecular weight is 496 g/mol. The second-order valence-corrected chi connectivity index (χ2v) is 9.63. The minimum atomic E-state index is -0.399. The monoisotopic (exact) mass is 495 g/mol. The SMILES string of the molecule is O=C(O/C(=C1\CCC(C2=CCCC2)=C1N1CCOCC1)c1ccc(Cl)cc1)c1ccc(Cl)cc1. The van der Waals surface area contributed by atoms with Crippen LogP contribution in [0.15, 0.2) is 77.0 Å². The van der Waals surface area contributed by atoms with Crippen LogP contribution in [0, 0.1) is 0 Å². The van der Waals surface area contributed by atoms with Crippen molar-refractivity contribution in [3.8, 4) is 0 Å². The summed E-state index contributed by atoms with van der Waals surface area (Å²) in [5.74, 6) is 0.204. The number of nitrogens with zero attached hydrogens (tertiary/aromatic N) is 1. The average Bonchev–Trinajstić information content (AvgIpc) is 3.54. The molecular formula is C28H27Cl2NO3. The maximum Gasteiger partial charge on any atom is 0.343 e. The van der Waals surface area contributed by atoms with Crippen LogP contribution in [0.2, 0.25) is 10.0 Å². The number of hydrogen-bond donors (Lipinski definition) is 0. The van der Waals surface area contributed by atoms with E-state index in [-0.39, 0.29) is 0 Å². The second kappa shape index (κ2) is 10.4. The Kier molecular flexibility index (Phi) is 7.10. The molecule has 2 aromatic carbocycles. The second-order valence-electron chi connectivity index (χ2n) is 8.76. The molecule has 4 nitrogen and oxygen atoms in total. The zero-order valence-electron chi connectivity index (χ0n) is 19.0. The van der Waals surface area contributed by atoms with Gasteiger partial charge in [-0.3, -0.25) is 0 Å². The third kappa shape index (κ3) is 4.95. The summed E-state index contributed by atoms with van der Waals surface area (Å²) in [7, 11) is 0. The van der Waals surface area contributed by atoms with Crippen molar-refractivity contribution in [3.05, 3.63) is 98.2 Å². The van der Waals surface area contributed by atoms with Crippen molar-refractivity contribution >= 4 is 34.9 Å². The molecule has 1 aliphatic heterocycles. The zero-order chi connectivity index (χ0) is 23.5. The molecule has 1 saturated heterocycles. The molecule has 0 bridgehead atoms. The standard InChI is InChI=1S/C28H27Cl2NO3/c29-22-9-5-20(6-10-22)27(34-28(32)21-7-11-23(30)12-8-21)25-14-13-24(19-3-1-2-4-19)26(25)31-15-17-33-18-16-31/h3,5-12H,1-2,4,13-18H2/b27-25+. The first-order valence-electron chi connectivity index (χ1n) is 11.8. The van der Waals surface area contributed by atoms with E-state index in [0.717, 1.165) is 49.9 Å². The van der Waals surface area contributed by atoms with Crippen LogP contribution in [-0.2, 0) is 9.47 Å². The van der Waals surface area contributed by atoms with E-state index in [1.807, 2.05) is 24.3 Å².